The first-order chi connectivity index (χ1) is 8.34. The number of rotatable bonds is 6. The summed E-state index contributed by atoms with van der Waals surface area (Å²) in [5.41, 5.74) is 0.493. The molecule has 1 aromatic carbocycles. The van der Waals surface area contributed by atoms with Crippen molar-refractivity contribution in [3.63, 3.8) is 0 Å². The molecule has 1 rings (SSSR count). The third kappa shape index (κ3) is 3.90. The minimum atomic E-state index is -3.60. The molecule has 0 heterocycles. The van der Waals surface area contributed by atoms with Crippen LogP contribution in [0.5, 0.6) is 0 Å². The SMILES string of the molecule is CC(C)N(C)S(=O)(=O)NCC(=O)c1ccccc1. The average Bonchev–Trinajstić information content (AvgIpc) is 2.36. The number of carbonyl (C=O) groups is 1. The lowest BCUT2D eigenvalue weighted by atomic mass is 10.1. The first-order valence-corrected chi connectivity index (χ1v) is 7.09. The minimum Gasteiger partial charge on any atom is -0.293 e. The molecular weight excluding hydrogens is 252 g/mol. The van der Waals surface area contributed by atoms with Gasteiger partial charge in [-0.1, -0.05) is 30.3 Å². The smallest absolute Gasteiger partial charge is 0.279 e. The van der Waals surface area contributed by atoms with Gasteiger partial charge in [0.1, 0.15) is 0 Å². The molecule has 0 atom stereocenters. The first-order valence-electron chi connectivity index (χ1n) is 5.65. The molecule has 0 saturated carbocycles. The Morgan fingerprint density at radius 1 is 1.28 bits per heavy atom. The van der Waals surface area contributed by atoms with Gasteiger partial charge >= 0.3 is 0 Å². The van der Waals surface area contributed by atoms with E-state index in [0.29, 0.717) is 5.56 Å². The van der Waals surface area contributed by atoms with E-state index in [1.165, 1.54) is 11.4 Å². The van der Waals surface area contributed by atoms with Crippen LogP contribution < -0.4 is 4.72 Å². The van der Waals surface area contributed by atoms with E-state index in [4.69, 9.17) is 0 Å². The van der Waals surface area contributed by atoms with Gasteiger partial charge in [-0.3, -0.25) is 4.79 Å². The predicted molar refractivity (Wildman–Crippen MR) is 70.6 cm³/mol. The van der Waals surface area contributed by atoms with Crippen LogP contribution in [0.25, 0.3) is 0 Å². The molecule has 0 aliphatic carbocycles. The molecule has 1 N–H and O–H groups in total. The summed E-state index contributed by atoms with van der Waals surface area (Å²) in [6, 6.07) is 8.43. The van der Waals surface area contributed by atoms with Gasteiger partial charge in [0.05, 0.1) is 6.54 Å². The van der Waals surface area contributed by atoms with Crippen molar-refractivity contribution in [1.29, 1.82) is 0 Å². The maximum atomic E-state index is 11.8. The van der Waals surface area contributed by atoms with E-state index in [2.05, 4.69) is 4.72 Å². The van der Waals surface area contributed by atoms with E-state index >= 15 is 0 Å². The van der Waals surface area contributed by atoms with Crippen LogP contribution in [-0.2, 0) is 10.2 Å². The zero-order chi connectivity index (χ0) is 13.8. The van der Waals surface area contributed by atoms with E-state index in [-0.39, 0.29) is 18.4 Å². The van der Waals surface area contributed by atoms with Crippen LogP contribution >= 0.6 is 0 Å². The van der Waals surface area contributed by atoms with Crippen molar-refractivity contribution in [2.24, 2.45) is 0 Å². The molecule has 0 unspecified atom stereocenters. The highest BCUT2D eigenvalue weighted by molar-refractivity contribution is 7.87. The van der Waals surface area contributed by atoms with E-state index in [0.717, 1.165) is 0 Å². The highest BCUT2D eigenvalue weighted by atomic mass is 32.2. The van der Waals surface area contributed by atoms with Crippen LogP contribution in [-0.4, -0.2) is 38.1 Å². The van der Waals surface area contributed by atoms with Crippen molar-refractivity contribution >= 4 is 16.0 Å². The molecule has 0 fully saturated rings. The zero-order valence-electron chi connectivity index (χ0n) is 10.8. The Balaban J connectivity index is 2.64. The number of benzene rings is 1. The Morgan fingerprint density at radius 2 is 1.83 bits per heavy atom. The summed E-state index contributed by atoms with van der Waals surface area (Å²) in [7, 11) is -2.13. The Labute approximate surface area is 108 Å². The van der Waals surface area contributed by atoms with Crippen molar-refractivity contribution in [2.75, 3.05) is 13.6 Å². The molecule has 0 amide bonds. The van der Waals surface area contributed by atoms with E-state index < -0.39 is 10.2 Å². The number of Topliss-reactive ketones (excluding diaryl/α,β-unsaturated/α-hetero) is 1. The highest BCUT2D eigenvalue weighted by Gasteiger charge is 2.21. The first kappa shape index (κ1) is 14.8. The summed E-state index contributed by atoms with van der Waals surface area (Å²) in [5.74, 6) is -0.253. The molecule has 5 nitrogen and oxygen atoms in total. The lowest BCUT2D eigenvalue weighted by Crippen LogP contribution is -2.43. The largest absolute Gasteiger partial charge is 0.293 e. The van der Waals surface area contributed by atoms with Gasteiger partial charge in [0.2, 0.25) is 0 Å². The Hall–Kier alpha value is -1.24. The molecule has 0 saturated heterocycles. The number of nitrogens with zero attached hydrogens (tertiary/aromatic N) is 1. The quantitative estimate of drug-likeness (QED) is 0.786. The molecule has 0 bridgehead atoms. The van der Waals surface area contributed by atoms with Crippen LogP contribution in [0.1, 0.15) is 24.2 Å². The molecule has 0 aromatic heterocycles. The summed E-state index contributed by atoms with van der Waals surface area (Å²) in [5, 5.41) is 0. The average molecular weight is 270 g/mol. The summed E-state index contributed by atoms with van der Waals surface area (Å²) < 4.78 is 27.0. The van der Waals surface area contributed by atoms with Gasteiger partial charge in [-0.2, -0.15) is 17.4 Å². The third-order valence-corrected chi connectivity index (χ3v) is 4.31. The number of hydrogen-bond donors (Lipinski definition) is 1. The van der Waals surface area contributed by atoms with E-state index in [9.17, 15) is 13.2 Å². The van der Waals surface area contributed by atoms with Crippen molar-refractivity contribution in [1.82, 2.24) is 9.03 Å². The summed E-state index contributed by atoms with van der Waals surface area (Å²) in [4.78, 5) is 11.7. The standard InChI is InChI=1S/C12H18N2O3S/c1-10(2)14(3)18(16,17)13-9-12(15)11-7-5-4-6-8-11/h4-8,10,13H,9H2,1-3H3. The Kier molecular flexibility index (Phi) is 5.01. The number of nitrogens with one attached hydrogen (secondary N) is 1. The lowest BCUT2D eigenvalue weighted by Gasteiger charge is -2.20. The second-order valence-corrected chi connectivity index (χ2v) is 6.04. The third-order valence-electron chi connectivity index (χ3n) is 2.62. The van der Waals surface area contributed by atoms with Crippen LogP contribution in [0.3, 0.4) is 0 Å². The fraction of sp³-hybridized carbons (Fsp3) is 0.417. The van der Waals surface area contributed by atoms with Crippen LogP contribution in [0, 0.1) is 0 Å². The van der Waals surface area contributed by atoms with Gasteiger partial charge < -0.3 is 0 Å². The van der Waals surface area contributed by atoms with Gasteiger partial charge in [-0.05, 0) is 13.8 Å². The van der Waals surface area contributed by atoms with Gasteiger partial charge in [-0.15, -0.1) is 0 Å². The molecule has 0 radical (unpaired) electrons. The fourth-order valence-corrected chi connectivity index (χ4v) is 2.33. The minimum absolute atomic E-state index is 0.158. The molecule has 0 spiro atoms. The number of hydrogen-bond acceptors (Lipinski definition) is 3. The van der Waals surface area contributed by atoms with Crippen molar-refractivity contribution in [3.8, 4) is 0 Å². The van der Waals surface area contributed by atoms with Crippen molar-refractivity contribution in [2.45, 2.75) is 19.9 Å². The molecule has 18 heavy (non-hydrogen) atoms. The monoisotopic (exact) mass is 270 g/mol. The second kappa shape index (κ2) is 6.08. The molecule has 6 heteroatoms. The van der Waals surface area contributed by atoms with Crippen LogP contribution in [0.4, 0.5) is 0 Å². The summed E-state index contributed by atoms with van der Waals surface area (Å²) in [6.07, 6.45) is 0. The van der Waals surface area contributed by atoms with E-state index in [1.807, 2.05) is 0 Å². The maximum Gasteiger partial charge on any atom is 0.279 e. The van der Waals surface area contributed by atoms with E-state index in [1.54, 1.807) is 44.2 Å². The fourth-order valence-electron chi connectivity index (χ4n) is 1.26. The second-order valence-electron chi connectivity index (χ2n) is 4.23. The highest BCUT2D eigenvalue weighted by Crippen LogP contribution is 2.02. The van der Waals surface area contributed by atoms with Gasteiger partial charge in [0, 0.05) is 18.7 Å². The van der Waals surface area contributed by atoms with Gasteiger partial charge in [0.15, 0.2) is 5.78 Å². The topological polar surface area (TPSA) is 66.5 Å². The molecule has 100 valence electrons. The molecule has 0 aliphatic rings. The van der Waals surface area contributed by atoms with Crippen LogP contribution in [0.15, 0.2) is 30.3 Å². The summed E-state index contributed by atoms with van der Waals surface area (Å²) in [6.45, 7) is 3.29. The van der Waals surface area contributed by atoms with Crippen molar-refractivity contribution in [3.05, 3.63) is 35.9 Å². The molecule has 0 aliphatic heterocycles. The van der Waals surface area contributed by atoms with Gasteiger partial charge in [-0.25, -0.2) is 0 Å². The maximum absolute atomic E-state index is 11.8. The zero-order valence-corrected chi connectivity index (χ0v) is 11.6. The normalized spacial score (nSPS) is 12.1. The predicted octanol–water partition coefficient (Wildman–Crippen LogP) is 1.04. The molecular formula is C12H18N2O3S. The Bertz CT molecular complexity index is 497. The van der Waals surface area contributed by atoms with Crippen LogP contribution in [0.2, 0.25) is 0 Å². The van der Waals surface area contributed by atoms with Crippen molar-refractivity contribution < 1.29 is 13.2 Å². The number of ketones is 1. The van der Waals surface area contributed by atoms with Gasteiger partial charge in [0.25, 0.3) is 10.2 Å². The summed E-state index contributed by atoms with van der Waals surface area (Å²) >= 11 is 0. The number of carbonyl (C=O) groups excluding carboxylic acids is 1. The lowest BCUT2D eigenvalue weighted by molar-refractivity contribution is 0.0996. The Morgan fingerprint density at radius 3 is 2.33 bits per heavy atom. The molecule has 1 aromatic rings.